The number of esters is 1. The highest BCUT2D eigenvalue weighted by Crippen LogP contribution is 2.36. The monoisotopic (exact) mass is 488 g/mol. The molecular formula is C24H19F3N2O4S. The molecule has 4 aromatic rings. The molecule has 1 aliphatic heterocycles. The lowest BCUT2D eigenvalue weighted by molar-refractivity contribution is -0.189. The maximum absolute atomic E-state index is 13.6. The van der Waals surface area contributed by atoms with E-state index < -0.39 is 27.9 Å². The fourth-order valence-corrected chi connectivity index (χ4v) is 5.47. The van der Waals surface area contributed by atoms with Gasteiger partial charge in [-0.1, -0.05) is 42.5 Å². The molecular weight excluding hydrogens is 469 g/mol. The average molecular weight is 488 g/mol. The average Bonchev–Trinajstić information content (AvgIpc) is 3.15. The Bertz CT molecular complexity index is 1520. The second-order valence-electron chi connectivity index (χ2n) is 8.13. The van der Waals surface area contributed by atoms with Crippen molar-refractivity contribution in [2.45, 2.75) is 24.0 Å². The maximum Gasteiger partial charge on any atom is 0.491 e. The van der Waals surface area contributed by atoms with Gasteiger partial charge < -0.3 is 4.74 Å². The van der Waals surface area contributed by atoms with Gasteiger partial charge in [-0.15, -0.1) is 0 Å². The van der Waals surface area contributed by atoms with Crippen LogP contribution in [0.2, 0.25) is 0 Å². The fraction of sp³-hybridized carbons (Fsp3) is 0.208. The summed E-state index contributed by atoms with van der Waals surface area (Å²) in [6.07, 6.45) is -3.28. The topological polar surface area (TPSA) is 68.6 Å². The number of carbonyl (C=O) groups is 1. The number of ether oxygens (including phenoxy) is 1. The third-order valence-electron chi connectivity index (χ3n) is 5.90. The van der Waals surface area contributed by atoms with Crippen LogP contribution in [0.5, 0.6) is 5.75 Å². The van der Waals surface area contributed by atoms with Crippen molar-refractivity contribution < 1.29 is 31.1 Å². The van der Waals surface area contributed by atoms with Gasteiger partial charge in [0, 0.05) is 11.9 Å². The molecule has 1 aliphatic rings. The van der Waals surface area contributed by atoms with Crippen LogP contribution in [0.4, 0.5) is 13.2 Å². The van der Waals surface area contributed by atoms with Crippen LogP contribution in [0.3, 0.4) is 0 Å². The number of hydrogen-bond donors (Lipinski definition) is 0. The Hall–Kier alpha value is -3.37. The Balaban J connectivity index is 1.68. The summed E-state index contributed by atoms with van der Waals surface area (Å²) in [4.78, 5) is 13.7. The predicted octanol–water partition coefficient (Wildman–Crippen LogP) is 4.70. The van der Waals surface area contributed by atoms with Gasteiger partial charge in [0.1, 0.15) is 0 Å². The van der Waals surface area contributed by atoms with E-state index in [-0.39, 0.29) is 15.8 Å². The van der Waals surface area contributed by atoms with Gasteiger partial charge in [-0.25, -0.2) is 17.2 Å². The van der Waals surface area contributed by atoms with Gasteiger partial charge in [-0.05, 0) is 54.0 Å². The number of rotatable bonds is 5. The molecule has 1 fully saturated rings. The minimum Gasteiger partial charge on any atom is -0.418 e. The fourth-order valence-electron chi connectivity index (χ4n) is 4.08. The van der Waals surface area contributed by atoms with Crippen LogP contribution in [-0.4, -0.2) is 42.5 Å². The molecule has 0 spiro atoms. The molecule has 34 heavy (non-hydrogen) atoms. The van der Waals surface area contributed by atoms with Crippen LogP contribution >= 0.6 is 0 Å². The van der Waals surface area contributed by atoms with E-state index >= 15 is 0 Å². The lowest BCUT2D eigenvalue weighted by atomic mass is 10.1. The molecule has 0 saturated carbocycles. The summed E-state index contributed by atoms with van der Waals surface area (Å²) >= 11 is 0. The molecule has 3 aromatic carbocycles. The van der Waals surface area contributed by atoms with Gasteiger partial charge in [-0.3, -0.25) is 4.90 Å². The molecule has 1 saturated heterocycles. The summed E-state index contributed by atoms with van der Waals surface area (Å²) in [6, 6.07) is 16.6. The van der Waals surface area contributed by atoms with Gasteiger partial charge in [-0.2, -0.15) is 13.2 Å². The first-order valence-electron chi connectivity index (χ1n) is 10.5. The predicted molar refractivity (Wildman–Crippen MR) is 120 cm³/mol. The summed E-state index contributed by atoms with van der Waals surface area (Å²) in [5, 5.41) is 1.70. The standard InChI is InChI=1S/C24H19F3N2O4S/c25-24(26,27)23(30)33-21-15-29(20-8-3-7-18(22(20)21)14-28-11-4-12-28)34(31,32)19-10-9-16-5-1-2-6-17(16)13-19/h1-3,5-10,13,15H,4,11-12,14H2. The van der Waals surface area contributed by atoms with E-state index in [0.29, 0.717) is 17.5 Å². The zero-order valence-corrected chi connectivity index (χ0v) is 18.6. The smallest absolute Gasteiger partial charge is 0.418 e. The maximum atomic E-state index is 13.6. The first kappa shape index (κ1) is 22.4. The highest BCUT2D eigenvalue weighted by atomic mass is 32.2. The van der Waals surface area contributed by atoms with Crippen molar-refractivity contribution in [3.05, 3.63) is 72.4 Å². The van der Waals surface area contributed by atoms with Crippen molar-refractivity contribution in [2.24, 2.45) is 0 Å². The lowest BCUT2D eigenvalue weighted by Crippen LogP contribution is -2.36. The van der Waals surface area contributed by atoms with Gasteiger partial charge >= 0.3 is 12.1 Å². The van der Waals surface area contributed by atoms with E-state index in [2.05, 4.69) is 9.64 Å². The van der Waals surface area contributed by atoms with E-state index in [4.69, 9.17) is 0 Å². The summed E-state index contributed by atoms with van der Waals surface area (Å²) < 4.78 is 71.6. The molecule has 0 N–H and O–H groups in total. The third kappa shape index (κ3) is 3.92. The van der Waals surface area contributed by atoms with Crippen LogP contribution in [-0.2, 0) is 21.4 Å². The van der Waals surface area contributed by atoms with Crippen molar-refractivity contribution in [1.29, 1.82) is 0 Å². The molecule has 1 aromatic heterocycles. The van der Waals surface area contributed by atoms with Crippen LogP contribution in [0, 0.1) is 0 Å². The molecule has 10 heteroatoms. The quantitative estimate of drug-likeness (QED) is 0.381. The number of carbonyl (C=O) groups excluding carboxylic acids is 1. The number of nitrogens with zero attached hydrogens (tertiary/aromatic N) is 2. The van der Waals surface area contributed by atoms with Gasteiger partial charge in [0.2, 0.25) is 0 Å². The number of likely N-dealkylation sites (tertiary alicyclic amines) is 1. The zero-order chi connectivity index (χ0) is 24.1. The number of halogens is 3. The molecule has 0 radical (unpaired) electrons. The van der Waals surface area contributed by atoms with Crippen molar-refractivity contribution in [3.8, 4) is 5.75 Å². The number of fused-ring (bicyclic) bond motifs is 2. The largest absolute Gasteiger partial charge is 0.491 e. The minimum atomic E-state index is -5.22. The molecule has 6 nitrogen and oxygen atoms in total. The third-order valence-corrected chi connectivity index (χ3v) is 7.57. The second-order valence-corrected chi connectivity index (χ2v) is 9.95. The number of hydrogen-bond acceptors (Lipinski definition) is 5. The minimum absolute atomic E-state index is 0.0371. The number of benzene rings is 3. The van der Waals surface area contributed by atoms with E-state index in [0.717, 1.165) is 35.1 Å². The Kier molecular flexibility index (Phi) is 5.37. The summed E-state index contributed by atoms with van der Waals surface area (Å²) in [5.74, 6) is -2.86. The van der Waals surface area contributed by atoms with Crippen molar-refractivity contribution in [2.75, 3.05) is 13.1 Å². The van der Waals surface area contributed by atoms with E-state index in [1.807, 2.05) is 12.1 Å². The molecule has 0 unspecified atom stereocenters. The molecule has 2 heterocycles. The second kappa shape index (κ2) is 8.14. The van der Waals surface area contributed by atoms with Crippen LogP contribution in [0.25, 0.3) is 21.7 Å². The van der Waals surface area contributed by atoms with Crippen LogP contribution in [0.15, 0.2) is 71.8 Å². The molecule has 176 valence electrons. The Morgan fingerprint density at radius 3 is 2.38 bits per heavy atom. The van der Waals surface area contributed by atoms with E-state index in [1.165, 1.54) is 18.2 Å². The van der Waals surface area contributed by atoms with Crippen LogP contribution < -0.4 is 4.74 Å². The number of alkyl halides is 3. The Labute approximate surface area is 193 Å². The first-order valence-corrected chi connectivity index (χ1v) is 12.0. The SMILES string of the molecule is O=C(Oc1cn(S(=O)(=O)c2ccc3ccccc3c2)c2cccc(CN3CCC3)c12)C(F)(F)F. The molecule has 0 atom stereocenters. The Morgan fingerprint density at radius 1 is 0.971 bits per heavy atom. The van der Waals surface area contributed by atoms with Gasteiger partial charge in [0.25, 0.3) is 10.0 Å². The molecule has 0 bridgehead atoms. The van der Waals surface area contributed by atoms with Crippen LogP contribution in [0.1, 0.15) is 12.0 Å². The van der Waals surface area contributed by atoms with Gasteiger partial charge in [0.05, 0.1) is 16.6 Å². The first-order chi connectivity index (χ1) is 16.1. The van der Waals surface area contributed by atoms with E-state index in [1.54, 1.807) is 30.3 Å². The van der Waals surface area contributed by atoms with Crippen molar-refractivity contribution in [3.63, 3.8) is 0 Å². The highest BCUT2D eigenvalue weighted by molar-refractivity contribution is 7.90. The highest BCUT2D eigenvalue weighted by Gasteiger charge is 2.42. The lowest BCUT2D eigenvalue weighted by Gasteiger charge is -2.30. The zero-order valence-electron chi connectivity index (χ0n) is 17.7. The van der Waals surface area contributed by atoms with Crippen molar-refractivity contribution >= 4 is 37.7 Å². The molecule has 0 amide bonds. The summed E-state index contributed by atoms with van der Waals surface area (Å²) in [6.45, 7) is 2.04. The van der Waals surface area contributed by atoms with Gasteiger partial charge in [0.15, 0.2) is 5.75 Å². The summed E-state index contributed by atoms with van der Waals surface area (Å²) in [5.41, 5.74) is 0.714. The normalized spacial score (nSPS) is 14.9. The summed E-state index contributed by atoms with van der Waals surface area (Å²) in [7, 11) is -4.21. The van der Waals surface area contributed by atoms with Crippen molar-refractivity contribution in [1.82, 2.24) is 8.87 Å². The van der Waals surface area contributed by atoms with E-state index in [9.17, 15) is 26.4 Å². The number of aromatic nitrogens is 1. The molecule has 0 aliphatic carbocycles. The Morgan fingerprint density at radius 2 is 1.71 bits per heavy atom. The molecule has 5 rings (SSSR count).